The Bertz CT molecular complexity index is 471. The van der Waals surface area contributed by atoms with Crippen molar-refractivity contribution in [2.24, 2.45) is 0 Å². The summed E-state index contributed by atoms with van der Waals surface area (Å²) in [5.41, 5.74) is 8.80. The summed E-state index contributed by atoms with van der Waals surface area (Å²) in [6.45, 7) is 0.816. The number of benzene rings is 2. The predicted octanol–water partition coefficient (Wildman–Crippen LogP) is 2.10. The molecule has 0 amide bonds. The zero-order valence-electron chi connectivity index (χ0n) is 9.26. The molecular weight excluding hydrogens is 295 g/mol. The Morgan fingerprint density at radius 2 is 1.76 bits per heavy atom. The van der Waals surface area contributed by atoms with Crippen LogP contribution in [0.3, 0.4) is 0 Å². The van der Waals surface area contributed by atoms with Gasteiger partial charge in [0.2, 0.25) is 0 Å². The Labute approximate surface area is 117 Å². The van der Waals surface area contributed by atoms with Crippen LogP contribution in [0.4, 0.5) is 11.4 Å². The van der Waals surface area contributed by atoms with E-state index >= 15 is 0 Å². The van der Waals surface area contributed by atoms with Gasteiger partial charge < -0.3 is 0 Å². The standard InChI is InChI=1S/C13H13AsN2.ClH/c14-11-6-4-10(5-7-11)9-16-13-3-1-2-12(15)8-13;/h1-8,16H,9,15H2;1H. The summed E-state index contributed by atoms with van der Waals surface area (Å²) in [5.74, 6) is 0. The molecule has 0 aliphatic heterocycles. The van der Waals surface area contributed by atoms with Crippen LogP contribution in [0.2, 0.25) is 0 Å². The second-order valence-corrected chi connectivity index (χ2v) is 4.73. The molecule has 2 rings (SSSR count). The third-order valence-corrected chi connectivity index (χ3v) is 2.95. The van der Waals surface area contributed by atoms with E-state index in [-0.39, 0.29) is 12.4 Å². The van der Waals surface area contributed by atoms with Gasteiger partial charge in [0.1, 0.15) is 0 Å². The molecule has 0 aliphatic carbocycles. The molecule has 0 spiro atoms. The van der Waals surface area contributed by atoms with E-state index in [1.165, 1.54) is 9.91 Å². The van der Waals surface area contributed by atoms with E-state index in [2.05, 4.69) is 46.4 Å². The van der Waals surface area contributed by atoms with Crippen molar-refractivity contribution < 1.29 is 0 Å². The number of hydrogen-bond donors (Lipinski definition) is 2. The second-order valence-electron chi connectivity index (χ2n) is 3.65. The molecule has 0 heterocycles. The number of rotatable bonds is 3. The first kappa shape index (κ1) is 14.0. The van der Waals surface area contributed by atoms with Gasteiger partial charge in [-0.25, -0.2) is 0 Å². The second kappa shape index (κ2) is 6.58. The van der Waals surface area contributed by atoms with Crippen molar-refractivity contribution in [1.82, 2.24) is 0 Å². The first-order chi connectivity index (χ1) is 7.74. The molecule has 3 N–H and O–H groups in total. The molecule has 88 valence electrons. The minimum atomic E-state index is 0. The fraction of sp³-hybridized carbons (Fsp3) is 0.0769. The molecule has 2 nitrogen and oxygen atoms in total. The molecule has 2 aromatic rings. The summed E-state index contributed by atoms with van der Waals surface area (Å²) in [6, 6.07) is 16.2. The molecule has 2 radical (unpaired) electrons. The van der Waals surface area contributed by atoms with Crippen molar-refractivity contribution in [3.8, 4) is 0 Å². The zero-order chi connectivity index (χ0) is 11.4. The van der Waals surface area contributed by atoms with Gasteiger partial charge in [0.25, 0.3) is 0 Å². The summed E-state index contributed by atoms with van der Waals surface area (Å²) in [7, 11) is 0. The van der Waals surface area contributed by atoms with E-state index in [1.807, 2.05) is 24.3 Å². The molecule has 0 aliphatic rings. The van der Waals surface area contributed by atoms with Crippen LogP contribution in [-0.2, 0) is 6.54 Å². The van der Waals surface area contributed by atoms with Crippen molar-refractivity contribution >= 4 is 45.0 Å². The van der Waals surface area contributed by atoms with Crippen molar-refractivity contribution in [2.45, 2.75) is 6.54 Å². The Hall–Kier alpha value is -1.11. The van der Waals surface area contributed by atoms with Crippen LogP contribution in [0.5, 0.6) is 0 Å². The number of nitrogen functional groups attached to an aromatic ring is 1. The van der Waals surface area contributed by atoms with E-state index < -0.39 is 0 Å². The van der Waals surface area contributed by atoms with Gasteiger partial charge in [0.15, 0.2) is 0 Å². The van der Waals surface area contributed by atoms with Gasteiger partial charge in [-0.1, -0.05) is 0 Å². The van der Waals surface area contributed by atoms with Crippen molar-refractivity contribution in [3.63, 3.8) is 0 Å². The molecule has 0 fully saturated rings. The fourth-order valence-corrected chi connectivity index (χ4v) is 1.78. The van der Waals surface area contributed by atoms with E-state index in [4.69, 9.17) is 5.73 Å². The topological polar surface area (TPSA) is 38.0 Å². The Morgan fingerprint density at radius 1 is 1.06 bits per heavy atom. The molecule has 0 saturated carbocycles. The zero-order valence-corrected chi connectivity index (χ0v) is 12.0. The van der Waals surface area contributed by atoms with Crippen LogP contribution in [0, 0.1) is 0 Å². The van der Waals surface area contributed by atoms with E-state index in [0.29, 0.717) is 0 Å². The van der Waals surface area contributed by atoms with Gasteiger partial charge in [-0.2, -0.15) is 0 Å². The Morgan fingerprint density at radius 3 is 2.41 bits per heavy atom. The van der Waals surface area contributed by atoms with Crippen LogP contribution in [0.15, 0.2) is 48.5 Å². The number of nitrogens with one attached hydrogen (secondary N) is 1. The van der Waals surface area contributed by atoms with Crippen LogP contribution < -0.4 is 15.4 Å². The van der Waals surface area contributed by atoms with Gasteiger partial charge in [-0.05, 0) is 0 Å². The molecule has 0 bridgehead atoms. The van der Waals surface area contributed by atoms with Gasteiger partial charge in [0.05, 0.1) is 0 Å². The molecule has 17 heavy (non-hydrogen) atoms. The maximum absolute atomic E-state index is 5.71. The molecule has 0 atom stereocenters. The average Bonchev–Trinajstić information content (AvgIpc) is 2.28. The fourth-order valence-electron chi connectivity index (χ4n) is 1.47. The molecule has 2 aromatic carbocycles. The van der Waals surface area contributed by atoms with Crippen LogP contribution in [-0.4, -0.2) is 16.9 Å². The van der Waals surface area contributed by atoms with Crippen LogP contribution in [0.1, 0.15) is 5.56 Å². The summed E-state index contributed by atoms with van der Waals surface area (Å²) < 4.78 is 1.22. The molecule has 0 aromatic heterocycles. The van der Waals surface area contributed by atoms with Crippen LogP contribution >= 0.6 is 12.4 Å². The van der Waals surface area contributed by atoms with Crippen LogP contribution in [0.25, 0.3) is 0 Å². The van der Waals surface area contributed by atoms with E-state index in [1.54, 1.807) is 0 Å². The van der Waals surface area contributed by atoms with Gasteiger partial charge in [-0.15, -0.1) is 12.4 Å². The maximum atomic E-state index is 5.71. The quantitative estimate of drug-likeness (QED) is 0.673. The summed E-state index contributed by atoms with van der Waals surface area (Å²) in [4.78, 5) is 0. The third-order valence-electron chi connectivity index (χ3n) is 2.32. The molecular formula is C13H14AsClN2. The Balaban J connectivity index is 0.00000144. The first-order valence-electron chi connectivity index (χ1n) is 5.11. The SMILES string of the molecule is Cl.Nc1cccc(NCc2ccc([As])cc2)c1. The van der Waals surface area contributed by atoms with Gasteiger partial charge >= 0.3 is 104 Å². The van der Waals surface area contributed by atoms with Crippen molar-refractivity contribution in [3.05, 3.63) is 54.1 Å². The van der Waals surface area contributed by atoms with Gasteiger partial charge in [-0.3, -0.25) is 0 Å². The molecule has 0 unspecified atom stereocenters. The van der Waals surface area contributed by atoms with Gasteiger partial charge in [0, 0.05) is 0 Å². The third kappa shape index (κ3) is 4.33. The normalized spacial score (nSPS) is 9.47. The molecule has 0 saturated heterocycles. The number of anilines is 2. The number of hydrogen-bond acceptors (Lipinski definition) is 2. The predicted molar refractivity (Wildman–Crippen MR) is 77.3 cm³/mol. The van der Waals surface area contributed by atoms with E-state index in [9.17, 15) is 0 Å². The molecule has 4 heteroatoms. The summed E-state index contributed by atoms with van der Waals surface area (Å²) in [6.07, 6.45) is 0. The Kier molecular flexibility index (Phi) is 5.40. The average molecular weight is 309 g/mol. The first-order valence-corrected chi connectivity index (χ1v) is 6.05. The number of nitrogens with two attached hydrogens (primary N) is 1. The number of halogens is 1. The minimum absolute atomic E-state index is 0. The summed E-state index contributed by atoms with van der Waals surface area (Å²) >= 11 is 2.53. The van der Waals surface area contributed by atoms with Crippen molar-refractivity contribution in [2.75, 3.05) is 11.1 Å². The summed E-state index contributed by atoms with van der Waals surface area (Å²) in [5, 5.41) is 3.34. The van der Waals surface area contributed by atoms with Crippen molar-refractivity contribution in [1.29, 1.82) is 0 Å². The monoisotopic (exact) mass is 308 g/mol. The van der Waals surface area contributed by atoms with E-state index in [0.717, 1.165) is 17.9 Å².